The average molecular weight is 197 g/mol. The lowest BCUT2D eigenvalue weighted by molar-refractivity contribution is 0.0939. The first kappa shape index (κ1) is 10.3. The van der Waals surface area contributed by atoms with Crippen molar-refractivity contribution in [3.63, 3.8) is 0 Å². The molecule has 1 aromatic rings. The summed E-state index contributed by atoms with van der Waals surface area (Å²) < 4.78 is 0. The number of ketones is 1. The molecule has 0 atom stereocenters. The Hall–Kier alpha value is -0.820. The van der Waals surface area contributed by atoms with E-state index in [0.717, 1.165) is 5.56 Å². The number of Topliss-reactive ketones (excluding diaryl/α,β-unsaturated/α-hetero) is 1. The van der Waals surface area contributed by atoms with E-state index in [1.54, 1.807) is 6.07 Å². The van der Waals surface area contributed by atoms with E-state index in [9.17, 15) is 4.79 Å². The molecule has 0 aromatic heterocycles. The van der Waals surface area contributed by atoms with E-state index >= 15 is 0 Å². The summed E-state index contributed by atoms with van der Waals surface area (Å²) in [5.41, 5.74) is 1.62. The molecule has 1 aromatic carbocycles. The molecule has 0 fully saturated rings. The van der Waals surface area contributed by atoms with Crippen LogP contribution in [0.1, 0.15) is 29.8 Å². The second-order valence-corrected chi connectivity index (χ2v) is 3.86. The molecule has 0 radical (unpaired) electrons. The van der Waals surface area contributed by atoms with Crippen LogP contribution in [-0.4, -0.2) is 5.78 Å². The summed E-state index contributed by atoms with van der Waals surface area (Å²) in [4.78, 5) is 11.7. The highest BCUT2D eigenvalue weighted by Gasteiger charge is 2.15. The Balaban J connectivity index is 3.20. The molecule has 2 heteroatoms. The van der Waals surface area contributed by atoms with Crippen LogP contribution in [-0.2, 0) is 0 Å². The third-order valence-electron chi connectivity index (χ3n) is 1.99. The molecule has 70 valence electrons. The van der Waals surface area contributed by atoms with Crippen molar-refractivity contribution in [3.8, 4) is 0 Å². The summed E-state index contributed by atoms with van der Waals surface area (Å²) in [6.45, 7) is 5.66. The summed E-state index contributed by atoms with van der Waals surface area (Å²) >= 11 is 5.95. The van der Waals surface area contributed by atoms with E-state index in [1.807, 2.05) is 32.9 Å². The van der Waals surface area contributed by atoms with Gasteiger partial charge in [0.25, 0.3) is 0 Å². The SMILES string of the molecule is Cc1cccc(Cl)c1C(=O)C(C)C. The fourth-order valence-electron chi connectivity index (χ4n) is 1.23. The first-order valence-corrected chi connectivity index (χ1v) is 4.71. The zero-order valence-electron chi connectivity index (χ0n) is 8.10. The van der Waals surface area contributed by atoms with Gasteiger partial charge >= 0.3 is 0 Å². The lowest BCUT2D eigenvalue weighted by Gasteiger charge is -2.08. The van der Waals surface area contributed by atoms with Crippen molar-refractivity contribution in [1.82, 2.24) is 0 Å². The highest BCUT2D eigenvalue weighted by atomic mass is 35.5. The molecule has 0 aliphatic heterocycles. The van der Waals surface area contributed by atoms with Crippen molar-refractivity contribution in [3.05, 3.63) is 34.3 Å². The van der Waals surface area contributed by atoms with Crippen molar-refractivity contribution in [1.29, 1.82) is 0 Å². The van der Waals surface area contributed by atoms with Gasteiger partial charge in [-0.1, -0.05) is 37.6 Å². The van der Waals surface area contributed by atoms with E-state index in [-0.39, 0.29) is 11.7 Å². The summed E-state index contributed by atoms with van der Waals surface area (Å²) in [6, 6.07) is 5.51. The van der Waals surface area contributed by atoms with Gasteiger partial charge in [-0.05, 0) is 18.6 Å². The van der Waals surface area contributed by atoms with Crippen LogP contribution in [0, 0.1) is 12.8 Å². The van der Waals surface area contributed by atoms with Gasteiger partial charge in [-0.15, -0.1) is 0 Å². The lowest BCUT2D eigenvalue weighted by atomic mass is 9.97. The molecule has 0 spiro atoms. The third-order valence-corrected chi connectivity index (χ3v) is 2.31. The Morgan fingerprint density at radius 3 is 2.46 bits per heavy atom. The number of carbonyl (C=O) groups is 1. The summed E-state index contributed by atoms with van der Waals surface area (Å²) in [5.74, 6) is 0.113. The van der Waals surface area contributed by atoms with Crippen LogP contribution < -0.4 is 0 Å². The minimum atomic E-state index is -0.00130. The zero-order chi connectivity index (χ0) is 10.0. The van der Waals surface area contributed by atoms with E-state index in [1.165, 1.54) is 0 Å². The predicted molar refractivity (Wildman–Crippen MR) is 55.4 cm³/mol. The molecule has 0 N–H and O–H groups in total. The molecular weight excluding hydrogens is 184 g/mol. The highest BCUT2D eigenvalue weighted by Crippen LogP contribution is 2.22. The number of hydrogen-bond donors (Lipinski definition) is 0. The monoisotopic (exact) mass is 196 g/mol. The van der Waals surface area contributed by atoms with E-state index in [2.05, 4.69) is 0 Å². The molecule has 0 saturated heterocycles. The number of rotatable bonds is 2. The predicted octanol–water partition coefficient (Wildman–Crippen LogP) is 3.49. The van der Waals surface area contributed by atoms with Crippen LogP contribution in [0.4, 0.5) is 0 Å². The van der Waals surface area contributed by atoms with Crippen LogP contribution in [0.25, 0.3) is 0 Å². The van der Waals surface area contributed by atoms with Gasteiger partial charge in [0.1, 0.15) is 0 Å². The Morgan fingerprint density at radius 2 is 2.00 bits per heavy atom. The quantitative estimate of drug-likeness (QED) is 0.662. The molecule has 0 bridgehead atoms. The molecule has 0 aliphatic rings. The van der Waals surface area contributed by atoms with Crippen molar-refractivity contribution in [2.24, 2.45) is 5.92 Å². The maximum atomic E-state index is 11.7. The van der Waals surface area contributed by atoms with Gasteiger partial charge < -0.3 is 0 Å². The molecule has 0 unspecified atom stereocenters. The third kappa shape index (κ3) is 2.10. The first-order chi connectivity index (χ1) is 6.04. The lowest BCUT2D eigenvalue weighted by Crippen LogP contribution is -2.09. The van der Waals surface area contributed by atoms with Gasteiger partial charge in [0.05, 0.1) is 5.02 Å². The van der Waals surface area contributed by atoms with Crippen LogP contribution in [0.3, 0.4) is 0 Å². The van der Waals surface area contributed by atoms with Gasteiger partial charge in [0, 0.05) is 11.5 Å². The second-order valence-electron chi connectivity index (χ2n) is 3.45. The van der Waals surface area contributed by atoms with Crippen LogP contribution in [0.2, 0.25) is 5.02 Å². The van der Waals surface area contributed by atoms with Crippen molar-refractivity contribution in [2.45, 2.75) is 20.8 Å². The molecule has 0 amide bonds. The minimum Gasteiger partial charge on any atom is -0.294 e. The summed E-state index contributed by atoms with van der Waals surface area (Å²) in [5, 5.41) is 0.554. The van der Waals surface area contributed by atoms with E-state index < -0.39 is 0 Å². The molecule has 1 nitrogen and oxygen atoms in total. The fourth-order valence-corrected chi connectivity index (χ4v) is 1.55. The number of hydrogen-bond acceptors (Lipinski definition) is 1. The molecular formula is C11H13ClO. The fraction of sp³-hybridized carbons (Fsp3) is 0.364. The largest absolute Gasteiger partial charge is 0.294 e. The average Bonchev–Trinajstić information content (AvgIpc) is 2.03. The van der Waals surface area contributed by atoms with Crippen molar-refractivity contribution in [2.75, 3.05) is 0 Å². The van der Waals surface area contributed by atoms with Gasteiger partial charge in [-0.2, -0.15) is 0 Å². The van der Waals surface area contributed by atoms with Crippen molar-refractivity contribution >= 4 is 17.4 Å². The van der Waals surface area contributed by atoms with Gasteiger partial charge in [0.2, 0.25) is 0 Å². The minimum absolute atomic E-state index is 0.00130. The summed E-state index contributed by atoms with van der Waals surface area (Å²) in [7, 11) is 0. The van der Waals surface area contributed by atoms with Crippen LogP contribution in [0.5, 0.6) is 0 Å². The molecule has 0 aliphatic carbocycles. The maximum Gasteiger partial charge on any atom is 0.167 e. The number of halogens is 1. The topological polar surface area (TPSA) is 17.1 Å². The second kappa shape index (κ2) is 3.93. The molecule has 0 heterocycles. The summed E-state index contributed by atoms with van der Waals surface area (Å²) in [6.07, 6.45) is 0. The van der Waals surface area contributed by atoms with E-state index in [0.29, 0.717) is 10.6 Å². The number of carbonyl (C=O) groups excluding carboxylic acids is 1. The van der Waals surface area contributed by atoms with Gasteiger partial charge in [-0.25, -0.2) is 0 Å². The van der Waals surface area contributed by atoms with Crippen LogP contribution in [0.15, 0.2) is 18.2 Å². The zero-order valence-corrected chi connectivity index (χ0v) is 8.85. The maximum absolute atomic E-state index is 11.7. The van der Waals surface area contributed by atoms with E-state index in [4.69, 9.17) is 11.6 Å². The highest BCUT2D eigenvalue weighted by molar-refractivity contribution is 6.34. The standard InChI is InChI=1S/C11H13ClO/c1-7(2)11(13)10-8(3)5-4-6-9(10)12/h4-7H,1-3H3. The smallest absolute Gasteiger partial charge is 0.167 e. The Labute approximate surface area is 83.7 Å². The normalized spacial score (nSPS) is 10.5. The number of benzene rings is 1. The van der Waals surface area contributed by atoms with Crippen LogP contribution >= 0.6 is 11.6 Å². The molecule has 1 rings (SSSR count). The van der Waals surface area contributed by atoms with Gasteiger partial charge in [0.15, 0.2) is 5.78 Å². The Kier molecular flexibility index (Phi) is 3.10. The van der Waals surface area contributed by atoms with Crippen molar-refractivity contribution < 1.29 is 4.79 Å². The van der Waals surface area contributed by atoms with Gasteiger partial charge in [-0.3, -0.25) is 4.79 Å². The first-order valence-electron chi connectivity index (χ1n) is 4.33. The Bertz CT molecular complexity index is 309. The molecule has 13 heavy (non-hydrogen) atoms. The molecule has 0 saturated carbocycles. The Morgan fingerprint density at radius 1 is 1.38 bits per heavy atom. The number of aryl methyl sites for hydroxylation is 1.